The highest BCUT2D eigenvalue weighted by atomic mass is 35.5. The third-order valence-electron chi connectivity index (χ3n) is 5.57. The molecule has 2 aliphatic rings. The fourth-order valence-corrected chi connectivity index (χ4v) is 4.31. The summed E-state index contributed by atoms with van der Waals surface area (Å²) in [6, 6.07) is 8.06. The largest absolute Gasteiger partial charge is 0.369 e. The molecule has 148 valence electrons. The van der Waals surface area contributed by atoms with Crippen LogP contribution in [-0.4, -0.2) is 46.5 Å². The number of primary amides is 1. The number of rotatable bonds is 5. The first-order chi connectivity index (χ1) is 13.6. The molecule has 6 nitrogen and oxygen atoms in total. The Morgan fingerprint density at radius 2 is 2.00 bits per heavy atom. The maximum absolute atomic E-state index is 11.1. The van der Waals surface area contributed by atoms with Crippen LogP contribution in [0, 0.1) is 0 Å². The van der Waals surface area contributed by atoms with Gasteiger partial charge in [0.25, 0.3) is 0 Å². The molecule has 0 unspecified atom stereocenters. The molecule has 1 aromatic carbocycles. The van der Waals surface area contributed by atoms with E-state index in [0.29, 0.717) is 17.6 Å². The molecule has 1 fully saturated rings. The fraction of sp³-hybridized carbons (Fsp3) is 0.476. The molecule has 2 aromatic rings. The molecule has 1 amide bonds. The lowest BCUT2D eigenvalue weighted by atomic mass is 9.95. The van der Waals surface area contributed by atoms with Gasteiger partial charge in [-0.15, -0.1) is 0 Å². The smallest absolute Gasteiger partial charge is 0.231 e. The van der Waals surface area contributed by atoms with Gasteiger partial charge in [-0.3, -0.25) is 9.69 Å². The standard InChI is InChI=1S/C21H26ClN5O/c22-15-5-3-4-14(12-15)20-25-18-7-2-1-6-17(18)21(26-20)24-16-8-10-27(11-9-16)13-19(23)28/h3-5,12,16H,1-2,6-11,13H2,(H2,23,28)(H,24,25,26). The number of amides is 1. The van der Waals surface area contributed by atoms with Crippen LogP contribution in [0.4, 0.5) is 5.82 Å². The van der Waals surface area contributed by atoms with E-state index in [1.54, 1.807) is 0 Å². The Kier molecular flexibility index (Phi) is 5.78. The Bertz CT molecular complexity index is 864. The first kappa shape index (κ1) is 19.2. The van der Waals surface area contributed by atoms with E-state index in [2.05, 4.69) is 10.2 Å². The Morgan fingerprint density at radius 3 is 2.75 bits per heavy atom. The van der Waals surface area contributed by atoms with Crippen molar-refractivity contribution < 1.29 is 4.79 Å². The number of carbonyl (C=O) groups is 1. The van der Waals surface area contributed by atoms with E-state index in [4.69, 9.17) is 27.3 Å². The van der Waals surface area contributed by atoms with Crippen molar-refractivity contribution in [3.63, 3.8) is 0 Å². The Balaban J connectivity index is 1.56. The van der Waals surface area contributed by atoms with Gasteiger partial charge in [0.05, 0.1) is 6.54 Å². The minimum atomic E-state index is -0.262. The SMILES string of the molecule is NC(=O)CN1CCC(Nc2nc(-c3cccc(Cl)c3)nc3c2CCCC3)CC1. The summed E-state index contributed by atoms with van der Waals surface area (Å²) >= 11 is 6.17. The number of halogens is 1. The minimum Gasteiger partial charge on any atom is -0.369 e. The van der Waals surface area contributed by atoms with Gasteiger partial charge in [-0.25, -0.2) is 9.97 Å². The van der Waals surface area contributed by atoms with Gasteiger partial charge in [0.15, 0.2) is 5.82 Å². The summed E-state index contributed by atoms with van der Waals surface area (Å²) in [6.45, 7) is 2.08. The van der Waals surface area contributed by atoms with E-state index in [-0.39, 0.29) is 5.91 Å². The van der Waals surface area contributed by atoms with E-state index in [1.807, 2.05) is 24.3 Å². The zero-order valence-electron chi connectivity index (χ0n) is 16.0. The van der Waals surface area contributed by atoms with E-state index >= 15 is 0 Å². The summed E-state index contributed by atoms with van der Waals surface area (Å²) in [4.78, 5) is 23.0. The quantitative estimate of drug-likeness (QED) is 0.807. The molecular formula is C21H26ClN5O. The zero-order valence-corrected chi connectivity index (χ0v) is 16.7. The number of nitrogens with one attached hydrogen (secondary N) is 1. The number of hydrogen-bond donors (Lipinski definition) is 2. The van der Waals surface area contributed by atoms with Gasteiger partial charge in [-0.05, 0) is 50.7 Å². The highest BCUT2D eigenvalue weighted by Gasteiger charge is 2.24. The van der Waals surface area contributed by atoms with Crippen LogP contribution in [0.25, 0.3) is 11.4 Å². The number of fused-ring (bicyclic) bond motifs is 1. The van der Waals surface area contributed by atoms with Crippen molar-refractivity contribution in [2.24, 2.45) is 5.73 Å². The molecule has 0 saturated carbocycles. The molecular weight excluding hydrogens is 374 g/mol. The lowest BCUT2D eigenvalue weighted by Crippen LogP contribution is -2.43. The minimum absolute atomic E-state index is 0.262. The predicted octanol–water partition coefficient (Wildman–Crippen LogP) is 3.04. The van der Waals surface area contributed by atoms with Gasteiger partial charge in [-0.2, -0.15) is 0 Å². The van der Waals surface area contributed by atoms with Crippen LogP contribution in [0.5, 0.6) is 0 Å². The number of benzene rings is 1. The van der Waals surface area contributed by atoms with E-state index < -0.39 is 0 Å². The first-order valence-electron chi connectivity index (χ1n) is 10.0. The van der Waals surface area contributed by atoms with Crippen LogP contribution in [-0.2, 0) is 17.6 Å². The second kappa shape index (κ2) is 8.45. The number of piperidine rings is 1. The van der Waals surface area contributed by atoms with Crippen LogP contribution >= 0.6 is 11.6 Å². The summed E-state index contributed by atoms with van der Waals surface area (Å²) in [5, 5.41) is 4.37. The number of hydrogen-bond acceptors (Lipinski definition) is 5. The second-order valence-electron chi connectivity index (χ2n) is 7.70. The number of aromatic nitrogens is 2. The summed E-state index contributed by atoms with van der Waals surface area (Å²) in [7, 11) is 0. The molecule has 1 aliphatic carbocycles. The molecule has 2 heterocycles. The normalized spacial score (nSPS) is 17.9. The maximum Gasteiger partial charge on any atom is 0.231 e. The Hall–Kier alpha value is -2.18. The number of nitrogens with zero attached hydrogens (tertiary/aromatic N) is 3. The average molecular weight is 400 g/mol. The number of anilines is 1. The fourth-order valence-electron chi connectivity index (χ4n) is 4.12. The summed E-state index contributed by atoms with van der Waals surface area (Å²) in [6.07, 6.45) is 6.31. The Morgan fingerprint density at radius 1 is 1.21 bits per heavy atom. The third-order valence-corrected chi connectivity index (χ3v) is 5.81. The van der Waals surface area contributed by atoms with Crippen molar-refractivity contribution in [3.05, 3.63) is 40.5 Å². The maximum atomic E-state index is 11.1. The summed E-state index contributed by atoms with van der Waals surface area (Å²) in [5.41, 5.74) is 8.68. The molecule has 7 heteroatoms. The van der Waals surface area contributed by atoms with Crippen molar-refractivity contribution >= 4 is 23.3 Å². The van der Waals surface area contributed by atoms with E-state index in [1.165, 1.54) is 18.4 Å². The van der Waals surface area contributed by atoms with Gasteiger partial charge >= 0.3 is 0 Å². The van der Waals surface area contributed by atoms with Crippen LogP contribution in [0.1, 0.15) is 36.9 Å². The van der Waals surface area contributed by atoms with Crippen LogP contribution in [0.2, 0.25) is 5.02 Å². The van der Waals surface area contributed by atoms with E-state index in [0.717, 1.165) is 61.7 Å². The highest BCUT2D eigenvalue weighted by molar-refractivity contribution is 6.30. The zero-order chi connectivity index (χ0) is 19.5. The van der Waals surface area contributed by atoms with Crippen molar-refractivity contribution in [3.8, 4) is 11.4 Å². The van der Waals surface area contributed by atoms with Crippen LogP contribution in [0.15, 0.2) is 24.3 Å². The highest BCUT2D eigenvalue weighted by Crippen LogP contribution is 2.30. The molecule has 3 N–H and O–H groups in total. The summed E-state index contributed by atoms with van der Waals surface area (Å²) in [5.74, 6) is 1.44. The number of likely N-dealkylation sites (tertiary alicyclic amines) is 1. The molecule has 0 bridgehead atoms. The predicted molar refractivity (Wildman–Crippen MR) is 111 cm³/mol. The average Bonchev–Trinajstić information content (AvgIpc) is 2.69. The molecule has 28 heavy (non-hydrogen) atoms. The van der Waals surface area contributed by atoms with Gasteiger partial charge in [0.1, 0.15) is 5.82 Å². The lowest BCUT2D eigenvalue weighted by Gasteiger charge is -2.32. The van der Waals surface area contributed by atoms with Gasteiger partial charge in [0.2, 0.25) is 5.91 Å². The molecule has 1 aliphatic heterocycles. The molecule has 1 aromatic heterocycles. The molecule has 1 saturated heterocycles. The number of aryl methyl sites for hydroxylation is 1. The van der Waals surface area contributed by atoms with E-state index in [9.17, 15) is 4.79 Å². The van der Waals surface area contributed by atoms with Gasteiger partial charge in [0, 0.05) is 41.0 Å². The van der Waals surface area contributed by atoms with Crippen molar-refractivity contribution in [2.75, 3.05) is 25.0 Å². The molecule has 4 rings (SSSR count). The Labute approximate surface area is 170 Å². The van der Waals surface area contributed by atoms with Crippen molar-refractivity contribution in [1.29, 1.82) is 0 Å². The topological polar surface area (TPSA) is 84.1 Å². The van der Waals surface area contributed by atoms with Crippen LogP contribution in [0.3, 0.4) is 0 Å². The third kappa shape index (κ3) is 4.45. The molecule has 0 atom stereocenters. The van der Waals surface area contributed by atoms with Crippen LogP contribution < -0.4 is 11.1 Å². The number of carbonyl (C=O) groups excluding carboxylic acids is 1. The second-order valence-corrected chi connectivity index (χ2v) is 8.14. The first-order valence-corrected chi connectivity index (χ1v) is 10.4. The summed E-state index contributed by atoms with van der Waals surface area (Å²) < 4.78 is 0. The van der Waals surface area contributed by atoms with Crippen molar-refractivity contribution in [2.45, 2.75) is 44.6 Å². The molecule has 0 radical (unpaired) electrons. The van der Waals surface area contributed by atoms with Gasteiger partial charge in [-0.1, -0.05) is 23.7 Å². The monoisotopic (exact) mass is 399 g/mol. The van der Waals surface area contributed by atoms with Gasteiger partial charge < -0.3 is 11.1 Å². The number of nitrogens with two attached hydrogens (primary N) is 1. The lowest BCUT2D eigenvalue weighted by molar-refractivity contribution is -0.119. The van der Waals surface area contributed by atoms with Crippen molar-refractivity contribution in [1.82, 2.24) is 14.9 Å². The molecule has 0 spiro atoms.